The number of benzene rings is 5. The van der Waals surface area contributed by atoms with Crippen molar-refractivity contribution in [2.24, 2.45) is 5.10 Å². The molecule has 5 rings (SSSR count). The summed E-state index contributed by atoms with van der Waals surface area (Å²) < 4.78 is 0. The second-order valence-electron chi connectivity index (χ2n) is 6.61. The van der Waals surface area contributed by atoms with Gasteiger partial charge in [0.25, 0.3) is 0 Å². The van der Waals surface area contributed by atoms with Crippen molar-refractivity contribution >= 4 is 44.2 Å². The first kappa shape index (κ1) is 14.9. The Morgan fingerprint density at radius 1 is 0.654 bits per heavy atom. The Morgan fingerprint density at radius 3 is 2.08 bits per heavy atom. The maximum absolute atomic E-state index is 4.66. The summed E-state index contributed by atoms with van der Waals surface area (Å²) in [5.41, 5.74) is 2.21. The Balaban J connectivity index is 1.68. The molecule has 0 unspecified atom stereocenters. The number of para-hydroxylation sites is 1. The first-order valence-electron chi connectivity index (χ1n) is 8.80. The molecule has 26 heavy (non-hydrogen) atoms. The third-order valence-corrected chi connectivity index (χ3v) is 5.06. The highest BCUT2D eigenvalue weighted by molar-refractivity contribution is 6.25. The molecule has 2 nitrogen and oxygen atoms in total. The average molecular weight is 334 g/mol. The zero-order chi connectivity index (χ0) is 17.5. The number of rotatable bonds is 3. The zero-order valence-electron chi connectivity index (χ0n) is 14.6. The van der Waals surface area contributed by atoms with Crippen LogP contribution in [0.5, 0.6) is 0 Å². The van der Waals surface area contributed by atoms with Crippen LogP contribution in [0.2, 0.25) is 0 Å². The van der Waals surface area contributed by atoms with Crippen LogP contribution in [0.15, 0.2) is 90.0 Å². The smallest absolute Gasteiger partial charge is 0.0590 e. The second kappa shape index (κ2) is 5.85. The Bertz CT molecular complexity index is 1220. The Hall–Kier alpha value is -3.39. The summed E-state index contributed by atoms with van der Waals surface area (Å²) in [6.45, 7) is 0. The van der Waals surface area contributed by atoms with Crippen LogP contribution >= 0.6 is 0 Å². The lowest BCUT2D eigenvalue weighted by Gasteiger charge is -2.14. The van der Waals surface area contributed by atoms with Crippen molar-refractivity contribution in [1.29, 1.82) is 0 Å². The predicted molar refractivity (Wildman–Crippen MR) is 113 cm³/mol. The molecular weight excluding hydrogens is 316 g/mol. The standard InChI is InChI=1S/C24H18N2/c1-26(21-8-3-2-4-9-21)25-16-20-13-12-19-11-10-17-6-5-7-18-14-15-22(20)24(19)23(17)18/h2-16H,1H3/b25-16+. The van der Waals surface area contributed by atoms with E-state index in [0.29, 0.717) is 0 Å². The minimum absolute atomic E-state index is 1.07. The van der Waals surface area contributed by atoms with E-state index in [1.54, 1.807) is 0 Å². The van der Waals surface area contributed by atoms with Crippen molar-refractivity contribution in [2.75, 3.05) is 12.1 Å². The largest absolute Gasteiger partial charge is 0.269 e. The molecule has 0 atom stereocenters. The van der Waals surface area contributed by atoms with Gasteiger partial charge in [-0.2, -0.15) is 5.10 Å². The molecule has 0 radical (unpaired) electrons. The molecule has 0 N–H and O–H groups in total. The lowest BCUT2D eigenvalue weighted by atomic mass is 9.92. The van der Waals surface area contributed by atoms with Gasteiger partial charge in [0.15, 0.2) is 0 Å². The van der Waals surface area contributed by atoms with Crippen LogP contribution in [0.1, 0.15) is 5.56 Å². The molecule has 5 aromatic carbocycles. The molecule has 0 saturated carbocycles. The number of nitrogens with zero attached hydrogens (tertiary/aromatic N) is 2. The van der Waals surface area contributed by atoms with Gasteiger partial charge in [0, 0.05) is 12.6 Å². The van der Waals surface area contributed by atoms with E-state index in [0.717, 1.165) is 11.3 Å². The number of hydrazone groups is 1. The molecule has 5 aromatic rings. The van der Waals surface area contributed by atoms with Crippen molar-refractivity contribution in [3.63, 3.8) is 0 Å². The summed E-state index contributed by atoms with van der Waals surface area (Å²) in [6, 6.07) is 29.9. The quantitative estimate of drug-likeness (QED) is 0.223. The van der Waals surface area contributed by atoms with Gasteiger partial charge in [-0.15, -0.1) is 0 Å². The van der Waals surface area contributed by atoms with E-state index in [-0.39, 0.29) is 0 Å². The van der Waals surface area contributed by atoms with E-state index < -0.39 is 0 Å². The van der Waals surface area contributed by atoms with E-state index in [1.807, 2.05) is 36.5 Å². The lowest BCUT2D eigenvalue weighted by molar-refractivity contribution is 1.02. The maximum Gasteiger partial charge on any atom is 0.0590 e. The molecule has 0 aliphatic rings. The van der Waals surface area contributed by atoms with Crippen LogP contribution in [-0.2, 0) is 0 Å². The van der Waals surface area contributed by atoms with Gasteiger partial charge in [0.1, 0.15) is 0 Å². The molecule has 0 fully saturated rings. The number of anilines is 1. The normalized spacial score (nSPS) is 11.9. The predicted octanol–water partition coefficient (Wildman–Crippen LogP) is 6.05. The van der Waals surface area contributed by atoms with Gasteiger partial charge in [0.05, 0.1) is 11.9 Å². The highest BCUT2D eigenvalue weighted by Crippen LogP contribution is 2.35. The van der Waals surface area contributed by atoms with Crippen LogP contribution in [-0.4, -0.2) is 13.3 Å². The molecule has 0 saturated heterocycles. The monoisotopic (exact) mass is 334 g/mol. The fraction of sp³-hybridized carbons (Fsp3) is 0.0417. The summed E-state index contributed by atoms with van der Waals surface area (Å²) in [7, 11) is 1.97. The Morgan fingerprint density at radius 2 is 1.31 bits per heavy atom. The molecule has 2 heteroatoms. The topological polar surface area (TPSA) is 15.6 Å². The van der Waals surface area contributed by atoms with Gasteiger partial charge in [-0.1, -0.05) is 72.8 Å². The zero-order valence-corrected chi connectivity index (χ0v) is 14.6. The Labute approximate surface area is 152 Å². The summed E-state index contributed by atoms with van der Waals surface area (Å²) in [5, 5.41) is 14.3. The molecule has 0 bridgehead atoms. The van der Waals surface area contributed by atoms with Crippen LogP contribution in [0, 0.1) is 0 Å². The number of hydrogen-bond donors (Lipinski definition) is 0. The van der Waals surface area contributed by atoms with Crippen molar-refractivity contribution in [2.45, 2.75) is 0 Å². The minimum Gasteiger partial charge on any atom is -0.269 e. The van der Waals surface area contributed by atoms with Crippen molar-refractivity contribution < 1.29 is 0 Å². The van der Waals surface area contributed by atoms with Crippen molar-refractivity contribution in [3.05, 3.63) is 90.5 Å². The fourth-order valence-electron chi connectivity index (χ4n) is 3.73. The molecule has 0 spiro atoms. The van der Waals surface area contributed by atoms with Gasteiger partial charge in [-0.05, 0) is 44.5 Å². The highest BCUT2D eigenvalue weighted by Gasteiger charge is 2.09. The van der Waals surface area contributed by atoms with E-state index in [2.05, 4.69) is 71.8 Å². The molecule has 0 amide bonds. The van der Waals surface area contributed by atoms with Gasteiger partial charge in [-0.3, -0.25) is 5.01 Å². The van der Waals surface area contributed by atoms with Crippen molar-refractivity contribution in [3.8, 4) is 0 Å². The van der Waals surface area contributed by atoms with Crippen LogP contribution < -0.4 is 5.01 Å². The van der Waals surface area contributed by atoms with Crippen molar-refractivity contribution in [1.82, 2.24) is 0 Å². The van der Waals surface area contributed by atoms with Gasteiger partial charge in [-0.25, -0.2) is 0 Å². The SMILES string of the molecule is CN(/N=C/c1ccc2ccc3cccc4ccc1c2c34)c1ccccc1. The van der Waals surface area contributed by atoms with E-state index in [4.69, 9.17) is 0 Å². The third-order valence-electron chi connectivity index (χ3n) is 5.06. The van der Waals surface area contributed by atoms with Gasteiger partial charge < -0.3 is 0 Å². The van der Waals surface area contributed by atoms with Crippen LogP contribution in [0.3, 0.4) is 0 Å². The lowest BCUT2D eigenvalue weighted by Crippen LogP contribution is -2.08. The first-order chi connectivity index (χ1) is 12.8. The van der Waals surface area contributed by atoms with E-state index in [9.17, 15) is 0 Å². The Kier molecular flexibility index (Phi) is 3.36. The third kappa shape index (κ3) is 2.31. The summed E-state index contributed by atoms with van der Waals surface area (Å²) >= 11 is 0. The summed E-state index contributed by atoms with van der Waals surface area (Å²) in [4.78, 5) is 0. The summed E-state index contributed by atoms with van der Waals surface area (Å²) in [6.07, 6.45) is 1.96. The maximum atomic E-state index is 4.66. The highest BCUT2D eigenvalue weighted by atomic mass is 15.4. The average Bonchev–Trinajstić information content (AvgIpc) is 2.71. The van der Waals surface area contributed by atoms with Gasteiger partial charge >= 0.3 is 0 Å². The molecule has 0 aliphatic carbocycles. The second-order valence-corrected chi connectivity index (χ2v) is 6.61. The first-order valence-corrected chi connectivity index (χ1v) is 8.80. The minimum atomic E-state index is 1.07. The summed E-state index contributed by atoms with van der Waals surface area (Å²) in [5.74, 6) is 0. The van der Waals surface area contributed by atoms with E-state index >= 15 is 0 Å². The molecular formula is C24H18N2. The molecule has 124 valence electrons. The van der Waals surface area contributed by atoms with Crippen LogP contribution in [0.4, 0.5) is 5.69 Å². The fourth-order valence-corrected chi connectivity index (χ4v) is 3.73. The van der Waals surface area contributed by atoms with Gasteiger partial charge in [0.2, 0.25) is 0 Å². The number of hydrogen-bond acceptors (Lipinski definition) is 2. The molecule has 0 heterocycles. The van der Waals surface area contributed by atoms with Crippen LogP contribution in [0.25, 0.3) is 32.3 Å². The molecule has 0 aromatic heterocycles. The molecule has 0 aliphatic heterocycles. The van der Waals surface area contributed by atoms with E-state index in [1.165, 1.54) is 32.3 Å².